The van der Waals surface area contributed by atoms with Crippen molar-refractivity contribution in [2.24, 2.45) is 0 Å². The van der Waals surface area contributed by atoms with Crippen LogP contribution in [0.25, 0.3) is 0 Å². The van der Waals surface area contributed by atoms with E-state index in [1.807, 2.05) is 18.2 Å². The zero-order valence-corrected chi connectivity index (χ0v) is 11.7. The number of nitrogens with zero attached hydrogens (tertiary/aromatic N) is 1. The molecule has 1 aromatic rings. The minimum absolute atomic E-state index is 0.750. The summed E-state index contributed by atoms with van der Waals surface area (Å²) in [6.45, 7) is 6.89. The lowest BCUT2D eigenvalue weighted by molar-refractivity contribution is 0.352. The molecule has 98 valence electrons. The molecule has 3 heteroatoms. The van der Waals surface area contributed by atoms with E-state index >= 15 is 0 Å². The van der Waals surface area contributed by atoms with Crippen LogP contribution in [0.2, 0.25) is 5.02 Å². The number of halogens is 1. The molecule has 0 heterocycles. The Kier molecular flexibility index (Phi) is 4.81. The summed E-state index contributed by atoms with van der Waals surface area (Å²) in [5.41, 5.74) is 2.49. The summed E-state index contributed by atoms with van der Waals surface area (Å²) in [6.07, 6.45) is 2.65. The molecular formula is C15H21ClN2. The van der Waals surface area contributed by atoms with E-state index in [4.69, 9.17) is 11.6 Å². The standard InChI is InChI=1S/C15H21ClN2/c1-12(9-17-15-6-7-15)10-18(2)11-13-4-3-5-14(16)8-13/h3-5,8,15,17H,1,6-7,9-11H2,2H3. The predicted molar refractivity (Wildman–Crippen MR) is 78.0 cm³/mol. The smallest absolute Gasteiger partial charge is 0.0409 e. The summed E-state index contributed by atoms with van der Waals surface area (Å²) < 4.78 is 0. The maximum atomic E-state index is 5.98. The molecule has 1 aliphatic carbocycles. The first-order chi connectivity index (χ1) is 8.63. The van der Waals surface area contributed by atoms with Crippen molar-refractivity contribution in [2.45, 2.75) is 25.4 Å². The third-order valence-electron chi connectivity index (χ3n) is 3.05. The van der Waals surface area contributed by atoms with Crippen LogP contribution in [-0.4, -0.2) is 31.1 Å². The molecule has 1 fully saturated rings. The lowest BCUT2D eigenvalue weighted by Crippen LogP contribution is -2.26. The third kappa shape index (κ3) is 4.81. The molecular weight excluding hydrogens is 244 g/mol. The molecule has 0 aliphatic heterocycles. The average Bonchev–Trinajstić information content (AvgIpc) is 3.09. The Bertz CT molecular complexity index is 413. The molecule has 2 rings (SSSR count). The molecule has 1 aromatic carbocycles. The van der Waals surface area contributed by atoms with E-state index in [0.717, 1.165) is 30.7 Å². The van der Waals surface area contributed by atoms with Crippen LogP contribution in [-0.2, 0) is 6.54 Å². The maximum Gasteiger partial charge on any atom is 0.0409 e. The van der Waals surface area contributed by atoms with Gasteiger partial charge >= 0.3 is 0 Å². The van der Waals surface area contributed by atoms with Crippen LogP contribution in [0, 0.1) is 0 Å². The van der Waals surface area contributed by atoms with E-state index in [-0.39, 0.29) is 0 Å². The van der Waals surface area contributed by atoms with E-state index in [9.17, 15) is 0 Å². The SMILES string of the molecule is C=C(CNC1CC1)CN(C)Cc1cccc(Cl)c1. The second-order valence-electron chi connectivity index (χ2n) is 5.21. The van der Waals surface area contributed by atoms with E-state index in [2.05, 4.69) is 29.9 Å². The Morgan fingerprint density at radius 2 is 2.28 bits per heavy atom. The molecule has 0 aromatic heterocycles. The van der Waals surface area contributed by atoms with Gasteiger partial charge in [-0.2, -0.15) is 0 Å². The lowest BCUT2D eigenvalue weighted by Gasteiger charge is -2.18. The molecule has 0 bridgehead atoms. The summed E-state index contributed by atoms with van der Waals surface area (Å²) in [4.78, 5) is 2.27. The van der Waals surface area contributed by atoms with E-state index in [0.29, 0.717) is 0 Å². The fourth-order valence-corrected chi connectivity index (χ4v) is 2.23. The van der Waals surface area contributed by atoms with Crippen molar-refractivity contribution in [3.63, 3.8) is 0 Å². The van der Waals surface area contributed by atoms with Gasteiger partial charge in [0.25, 0.3) is 0 Å². The van der Waals surface area contributed by atoms with E-state index in [1.165, 1.54) is 24.0 Å². The van der Waals surface area contributed by atoms with Crippen molar-refractivity contribution in [1.29, 1.82) is 0 Å². The van der Waals surface area contributed by atoms with Crippen LogP contribution in [0.3, 0.4) is 0 Å². The zero-order chi connectivity index (χ0) is 13.0. The first-order valence-corrected chi connectivity index (χ1v) is 6.84. The molecule has 0 atom stereocenters. The van der Waals surface area contributed by atoms with E-state index < -0.39 is 0 Å². The highest BCUT2D eigenvalue weighted by atomic mass is 35.5. The molecule has 18 heavy (non-hydrogen) atoms. The highest BCUT2D eigenvalue weighted by Crippen LogP contribution is 2.18. The zero-order valence-electron chi connectivity index (χ0n) is 11.0. The van der Waals surface area contributed by atoms with Gasteiger partial charge in [-0.25, -0.2) is 0 Å². The van der Waals surface area contributed by atoms with Crippen molar-refractivity contribution in [2.75, 3.05) is 20.1 Å². The number of likely N-dealkylation sites (N-methyl/N-ethyl adjacent to an activating group) is 1. The molecule has 1 aliphatic rings. The largest absolute Gasteiger partial charge is 0.310 e. The number of nitrogens with one attached hydrogen (secondary N) is 1. The molecule has 1 N–H and O–H groups in total. The van der Waals surface area contributed by atoms with Gasteiger partial charge in [0, 0.05) is 30.7 Å². The fraction of sp³-hybridized carbons (Fsp3) is 0.467. The normalized spacial score (nSPS) is 15.1. The molecule has 1 saturated carbocycles. The van der Waals surface area contributed by atoms with Gasteiger partial charge in [0.2, 0.25) is 0 Å². The third-order valence-corrected chi connectivity index (χ3v) is 3.29. The Hall–Kier alpha value is -0.830. The minimum atomic E-state index is 0.750. The Morgan fingerprint density at radius 1 is 1.50 bits per heavy atom. The molecule has 0 spiro atoms. The van der Waals surface area contributed by atoms with Crippen LogP contribution < -0.4 is 5.32 Å². The van der Waals surface area contributed by atoms with Crippen LogP contribution in [0.1, 0.15) is 18.4 Å². The molecule has 0 radical (unpaired) electrons. The van der Waals surface area contributed by atoms with Gasteiger partial charge in [0.15, 0.2) is 0 Å². The first-order valence-electron chi connectivity index (χ1n) is 6.46. The molecule has 0 unspecified atom stereocenters. The topological polar surface area (TPSA) is 15.3 Å². The van der Waals surface area contributed by atoms with Gasteiger partial charge in [0.1, 0.15) is 0 Å². The van der Waals surface area contributed by atoms with Gasteiger partial charge in [-0.1, -0.05) is 30.3 Å². The fourth-order valence-electron chi connectivity index (χ4n) is 2.02. The van der Waals surface area contributed by atoms with Crippen molar-refractivity contribution >= 4 is 11.6 Å². The van der Waals surface area contributed by atoms with E-state index in [1.54, 1.807) is 0 Å². The lowest BCUT2D eigenvalue weighted by atomic mass is 10.2. The molecule has 0 amide bonds. The second kappa shape index (κ2) is 6.37. The Balaban J connectivity index is 1.73. The molecule has 2 nitrogen and oxygen atoms in total. The summed E-state index contributed by atoms with van der Waals surface area (Å²) in [6, 6.07) is 8.77. The Labute approximate surface area is 115 Å². The van der Waals surface area contributed by atoms with Crippen molar-refractivity contribution < 1.29 is 0 Å². The van der Waals surface area contributed by atoms with Gasteiger partial charge in [-0.3, -0.25) is 4.90 Å². The van der Waals surface area contributed by atoms with Gasteiger partial charge in [-0.05, 0) is 43.2 Å². The highest BCUT2D eigenvalue weighted by Gasteiger charge is 2.20. The van der Waals surface area contributed by atoms with Gasteiger partial charge < -0.3 is 5.32 Å². The van der Waals surface area contributed by atoms with Crippen molar-refractivity contribution in [1.82, 2.24) is 10.2 Å². The quantitative estimate of drug-likeness (QED) is 0.762. The number of hydrogen-bond acceptors (Lipinski definition) is 2. The number of rotatable bonds is 7. The summed E-state index contributed by atoms with van der Waals surface area (Å²) >= 11 is 5.98. The second-order valence-corrected chi connectivity index (χ2v) is 5.64. The summed E-state index contributed by atoms with van der Waals surface area (Å²) in [5, 5.41) is 4.29. The van der Waals surface area contributed by atoms with Gasteiger partial charge in [-0.15, -0.1) is 0 Å². The highest BCUT2D eigenvalue weighted by molar-refractivity contribution is 6.30. The number of benzene rings is 1. The minimum Gasteiger partial charge on any atom is -0.310 e. The average molecular weight is 265 g/mol. The number of hydrogen-bond donors (Lipinski definition) is 1. The first kappa shape index (κ1) is 13.6. The maximum absolute atomic E-state index is 5.98. The van der Waals surface area contributed by atoms with Crippen LogP contribution in [0.5, 0.6) is 0 Å². The van der Waals surface area contributed by atoms with Gasteiger partial charge in [0.05, 0.1) is 0 Å². The summed E-state index contributed by atoms with van der Waals surface area (Å²) in [5.74, 6) is 0. The monoisotopic (exact) mass is 264 g/mol. The Morgan fingerprint density at radius 3 is 2.94 bits per heavy atom. The van der Waals surface area contributed by atoms with Crippen molar-refractivity contribution in [3.05, 3.63) is 47.0 Å². The van der Waals surface area contributed by atoms with Crippen LogP contribution in [0.15, 0.2) is 36.4 Å². The molecule has 0 saturated heterocycles. The summed E-state index contributed by atoms with van der Waals surface area (Å²) in [7, 11) is 2.11. The predicted octanol–water partition coefficient (Wildman–Crippen LogP) is 3.08. The van der Waals surface area contributed by atoms with Crippen LogP contribution >= 0.6 is 11.6 Å². The van der Waals surface area contributed by atoms with Crippen molar-refractivity contribution in [3.8, 4) is 0 Å². The van der Waals surface area contributed by atoms with Crippen LogP contribution in [0.4, 0.5) is 0 Å².